The van der Waals surface area contributed by atoms with Crippen LogP contribution in [0.5, 0.6) is 0 Å². The van der Waals surface area contributed by atoms with Crippen LogP contribution >= 0.6 is 0 Å². The maximum atomic E-state index is 12.8. The monoisotopic (exact) mass is 330 g/mol. The van der Waals surface area contributed by atoms with Gasteiger partial charge in [0.2, 0.25) is 0 Å². The third-order valence-corrected chi connectivity index (χ3v) is 3.91. The molecule has 7 heteroatoms. The lowest BCUT2D eigenvalue weighted by molar-refractivity contribution is -0.137. The molecular weight excluding hydrogens is 309 g/mol. The van der Waals surface area contributed by atoms with Gasteiger partial charge in [0, 0.05) is 19.1 Å². The predicted molar refractivity (Wildman–Crippen MR) is 79.9 cm³/mol. The molecule has 2 amide bonds. The number of ether oxygens (including phenoxy) is 1. The van der Waals surface area contributed by atoms with Crippen LogP contribution in [0, 0.1) is 5.92 Å². The summed E-state index contributed by atoms with van der Waals surface area (Å²) >= 11 is 0. The highest BCUT2D eigenvalue weighted by molar-refractivity contribution is 5.75. The van der Waals surface area contributed by atoms with Crippen LogP contribution in [0.2, 0.25) is 0 Å². The van der Waals surface area contributed by atoms with E-state index in [0.29, 0.717) is 25.3 Å². The van der Waals surface area contributed by atoms with Crippen molar-refractivity contribution < 1.29 is 22.7 Å². The molecule has 0 unspecified atom stereocenters. The van der Waals surface area contributed by atoms with E-state index >= 15 is 0 Å². The van der Waals surface area contributed by atoms with Crippen molar-refractivity contribution in [3.63, 3.8) is 0 Å². The molecule has 0 aliphatic carbocycles. The van der Waals surface area contributed by atoms with Gasteiger partial charge in [-0.2, -0.15) is 13.2 Å². The van der Waals surface area contributed by atoms with E-state index in [9.17, 15) is 18.0 Å². The number of carbonyl (C=O) groups excluding carboxylic acids is 1. The maximum absolute atomic E-state index is 12.8. The van der Waals surface area contributed by atoms with Gasteiger partial charge < -0.3 is 15.4 Å². The number of rotatable bonds is 4. The summed E-state index contributed by atoms with van der Waals surface area (Å²) in [5, 5.41) is 5.46. The van der Waals surface area contributed by atoms with Gasteiger partial charge in [-0.05, 0) is 38.0 Å². The number of hydrogen-bond donors (Lipinski definition) is 2. The Bertz CT molecular complexity index is 553. The lowest BCUT2D eigenvalue weighted by atomic mass is 9.93. The van der Waals surface area contributed by atoms with Crippen LogP contribution in [0.15, 0.2) is 24.3 Å². The van der Waals surface area contributed by atoms with Gasteiger partial charge in [-0.25, -0.2) is 4.79 Å². The number of alkyl halides is 3. The van der Waals surface area contributed by atoms with Crippen LogP contribution in [0.3, 0.4) is 0 Å². The van der Waals surface area contributed by atoms with E-state index in [-0.39, 0.29) is 5.92 Å². The average molecular weight is 330 g/mol. The number of carbonyl (C=O) groups is 1. The molecule has 23 heavy (non-hydrogen) atoms. The fourth-order valence-electron chi connectivity index (χ4n) is 2.47. The largest absolute Gasteiger partial charge is 0.416 e. The van der Waals surface area contributed by atoms with Crippen LogP contribution < -0.4 is 10.6 Å². The first-order chi connectivity index (χ1) is 10.7. The molecule has 0 radical (unpaired) electrons. The highest BCUT2D eigenvalue weighted by Crippen LogP contribution is 2.32. The summed E-state index contributed by atoms with van der Waals surface area (Å²) in [6.07, 6.45) is -3.51. The second-order valence-corrected chi connectivity index (χ2v) is 6.27. The summed E-state index contributed by atoms with van der Waals surface area (Å²) in [4.78, 5) is 12.0. The van der Waals surface area contributed by atoms with Gasteiger partial charge >= 0.3 is 12.2 Å². The third kappa shape index (κ3) is 4.86. The van der Waals surface area contributed by atoms with Crippen molar-refractivity contribution in [1.82, 2.24) is 10.6 Å². The number of halogens is 3. The van der Waals surface area contributed by atoms with Crippen LogP contribution in [0.1, 0.15) is 31.4 Å². The first-order valence-corrected chi connectivity index (χ1v) is 7.50. The lowest BCUT2D eigenvalue weighted by Crippen LogP contribution is -2.47. The molecule has 1 atom stereocenters. The number of nitrogens with one attached hydrogen (secondary N) is 2. The van der Waals surface area contributed by atoms with Crippen molar-refractivity contribution in [2.75, 3.05) is 19.8 Å². The Hall–Kier alpha value is -1.76. The zero-order chi connectivity index (χ0) is 17.1. The molecule has 4 nitrogen and oxygen atoms in total. The fraction of sp³-hybridized carbons (Fsp3) is 0.562. The minimum absolute atomic E-state index is 0.289. The molecule has 1 aliphatic rings. The number of urea groups is 1. The summed E-state index contributed by atoms with van der Waals surface area (Å²) in [5.41, 5.74) is -1.25. The van der Waals surface area contributed by atoms with Crippen molar-refractivity contribution in [2.24, 2.45) is 5.92 Å². The summed E-state index contributed by atoms with van der Waals surface area (Å²) in [6.45, 7) is 5.15. The van der Waals surface area contributed by atoms with Crippen molar-refractivity contribution in [1.29, 1.82) is 0 Å². The SMILES string of the molecule is CC(C)(NC(=O)NC[C@@H]1CCOC1)c1cccc(C(F)(F)F)c1. The average Bonchev–Trinajstić information content (AvgIpc) is 2.97. The summed E-state index contributed by atoms with van der Waals surface area (Å²) in [6, 6.07) is 4.58. The normalized spacial score (nSPS) is 18.7. The molecule has 1 aromatic carbocycles. The third-order valence-electron chi connectivity index (χ3n) is 3.91. The zero-order valence-corrected chi connectivity index (χ0v) is 13.2. The Morgan fingerprint density at radius 2 is 2.00 bits per heavy atom. The van der Waals surface area contributed by atoms with Gasteiger partial charge in [0.1, 0.15) is 0 Å². The Labute approximate surface area is 133 Å². The second-order valence-electron chi connectivity index (χ2n) is 6.27. The van der Waals surface area contributed by atoms with Gasteiger partial charge in [-0.15, -0.1) is 0 Å². The van der Waals surface area contributed by atoms with Crippen LogP contribution in [0.25, 0.3) is 0 Å². The van der Waals surface area contributed by atoms with Gasteiger partial charge in [-0.3, -0.25) is 0 Å². The molecule has 0 spiro atoms. The van der Waals surface area contributed by atoms with Gasteiger partial charge in [0.15, 0.2) is 0 Å². The van der Waals surface area contributed by atoms with Gasteiger partial charge in [0.25, 0.3) is 0 Å². The van der Waals surface area contributed by atoms with Crippen molar-refractivity contribution in [3.8, 4) is 0 Å². The van der Waals surface area contributed by atoms with Crippen molar-refractivity contribution in [2.45, 2.75) is 32.0 Å². The van der Waals surface area contributed by atoms with E-state index < -0.39 is 23.3 Å². The van der Waals surface area contributed by atoms with Crippen LogP contribution in [-0.4, -0.2) is 25.8 Å². The van der Waals surface area contributed by atoms with Crippen molar-refractivity contribution in [3.05, 3.63) is 35.4 Å². The van der Waals surface area contributed by atoms with E-state index in [2.05, 4.69) is 10.6 Å². The van der Waals surface area contributed by atoms with E-state index in [0.717, 1.165) is 18.6 Å². The lowest BCUT2D eigenvalue weighted by Gasteiger charge is -2.28. The van der Waals surface area contributed by atoms with E-state index in [1.807, 2.05) is 0 Å². The Kier molecular flexibility index (Phi) is 5.19. The highest BCUT2D eigenvalue weighted by atomic mass is 19.4. The van der Waals surface area contributed by atoms with Gasteiger partial charge in [-0.1, -0.05) is 12.1 Å². The molecule has 1 aliphatic heterocycles. The molecular formula is C16H21F3N2O2. The number of amides is 2. The summed E-state index contributed by atoms with van der Waals surface area (Å²) in [5.74, 6) is 0.289. The van der Waals surface area contributed by atoms with E-state index in [4.69, 9.17) is 4.74 Å². The molecule has 1 heterocycles. The topological polar surface area (TPSA) is 50.4 Å². The Morgan fingerprint density at radius 1 is 1.30 bits per heavy atom. The fourth-order valence-corrected chi connectivity index (χ4v) is 2.47. The van der Waals surface area contributed by atoms with Crippen LogP contribution in [-0.2, 0) is 16.5 Å². The zero-order valence-electron chi connectivity index (χ0n) is 13.2. The molecule has 0 saturated carbocycles. The first-order valence-electron chi connectivity index (χ1n) is 7.50. The highest BCUT2D eigenvalue weighted by Gasteiger charge is 2.32. The number of benzene rings is 1. The number of hydrogen-bond acceptors (Lipinski definition) is 2. The minimum Gasteiger partial charge on any atom is -0.381 e. The minimum atomic E-state index is -4.41. The maximum Gasteiger partial charge on any atom is 0.416 e. The molecule has 1 fully saturated rings. The summed E-state index contributed by atoms with van der Waals surface area (Å²) < 4.78 is 43.6. The predicted octanol–water partition coefficient (Wildman–Crippen LogP) is 3.28. The molecule has 2 rings (SSSR count). The molecule has 1 saturated heterocycles. The molecule has 1 aromatic rings. The van der Waals surface area contributed by atoms with Crippen LogP contribution in [0.4, 0.5) is 18.0 Å². The van der Waals surface area contributed by atoms with E-state index in [1.165, 1.54) is 6.07 Å². The molecule has 2 N–H and O–H groups in total. The second kappa shape index (κ2) is 6.78. The first kappa shape index (κ1) is 17.6. The quantitative estimate of drug-likeness (QED) is 0.890. The van der Waals surface area contributed by atoms with E-state index in [1.54, 1.807) is 19.9 Å². The standard InChI is InChI=1S/C16H21F3N2O2/c1-15(2,12-4-3-5-13(8-12)16(17,18)19)21-14(22)20-9-11-6-7-23-10-11/h3-5,8,11H,6-7,9-10H2,1-2H3,(H2,20,21,22)/t11-/m0/s1. The smallest absolute Gasteiger partial charge is 0.381 e. The Balaban J connectivity index is 1.98. The molecule has 0 aromatic heterocycles. The Morgan fingerprint density at radius 3 is 2.61 bits per heavy atom. The van der Waals surface area contributed by atoms with Crippen molar-refractivity contribution >= 4 is 6.03 Å². The molecule has 128 valence electrons. The molecule has 0 bridgehead atoms. The summed E-state index contributed by atoms with van der Waals surface area (Å²) in [7, 11) is 0. The van der Waals surface area contributed by atoms with Gasteiger partial charge in [0.05, 0.1) is 17.7 Å².